The first-order valence-corrected chi connectivity index (χ1v) is 7.79. The van der Waals surface area contributed by atoms with E-state index >= 15 is 0 Å². The smallest absolute Gasteiger partial charge is 0.330 e. The van der Waals surface area contributed by atoms with Gasteiger partial charge < -0.3 is 9.47 Å². The molecule has 0 bridgehead atoms. The van der Waals surface area contributed by atoms with Crippen LogP contribution in [0.15, 0.2) is 59.1 Å². The van der Waals surface area contributed by atoms with E-state index in [1.54, 1.807) is 13.0 Å². The number of rotatable bonds is 6. The quantitative estimate of drug-likeness (QED) is 0.557. The van der Waals surface area contributed by atoms with Crippen molar-refractivity contribution >= 4 is 28.0 Å². The molecule has 0 saturated carbocycles. The first-order chi connectivity index (χ1) is 10.7. The maximum absolute atomic E-state index is 11.3. The molecule has 0 heterocycles. The number of esters is 1. The molecule has 0 aliphatic rings. The van der Waals surface area contributed by atoms with Crippen LogP contribution in [0.4, 0.5) is 0 Å². The molecule has 0 unspecified atom stereocenters. The third-order valence-electron chi connectivity index (χ3n) is 2.89. The Morgan fingerprint density at radius 1 is 1.18 bits per heavy atom. The van der Waals surface area contributed by atoms with Crippen molar-refractivity contribution in [1.29, 1.82) is 0 Å². The third-order valence-corrected chi connectivity index (χ3v) is 3.51. The molecular formula is C18H17BrO3. The van der Waals surface area contributed by atoms with Crippen LogP contribution in [0.3, 0.4) is 0 Å². The van der Waals surface area contributed by atoms with Gasteiger partial charge in [0, 0.05) is 6.08 Å². The number of halogens is 1. The van der Waals surface area contributed by atoms with Gasteiger partial charge in [0.05, 0.1) is 11.1 Å². The average molecular weight is 361 g/mol. The van der Waals surface area contributed by atoms with E-state index in [0.29, 0.717) is 13.2 Å². The lowest BCUT2D eigenvalue weighted by Crippen LogP contribution is -1.98. The highest BCUT2D eigenvalue weighted by molar-refractivity contribution is 9.10. The van der Waals surface area contributed by atoms with Gasteiger partial charge in [0.2, 0.25) is 0 Å². The lowest BCUT2D eigenvalue weighted by atomic mass is 10.2. The van der Waals surface area contributed by atoms with Crippen LogP contribution in [-0.2, 0) is 16.1 Å². The van der Waals surface area contributed by atoms with Gasteiger partial charge in [-0.3, -0.25) is 0 Å². The average Bonchev–Trinajstić information content (AvgIpc) is 2.53. The summed E-state index contributed by atoms with van der Waals surface area (Å²) in [6, 6.07) is 15.6. The number of hydrogen-bond acceptors (Lipinski definition) is 3. The fourth-order valence-corrected chi connectivity index (χ4v) is 2.34. The summed E-state index contributed by atoms with van der Waals surface area (Å²) in [5.41, 5.74) is 2.01. The largest absolute Gasteiger partial charge is 0.488 e. The molecule has 4 heteroatoms. The summed E-state index contributed by atoms with van der Waals surface area (Å²) < 4.78 is 11.5. The second-order valence-corrected chi connectivity index (χ2v) is 5.40. The highest BCUT2D eigenvalue weighted by Gasteiger charge is 2.03. The van der Waals surface area contributed by atoms with Crippen molar-refractivity contribution in [2.24, 2.45) is 0 Å². The molecule has 0 atom stereocenters. The minimum atomic E-state index is -0.344. The van der Waals surface area contributed by atoms with Gasteiger partial charge in [-0.25, -0.2) is 4.79 Å². The molecule has 2 rings (SSSR count). The lowest BCUT2D eigenvalue weighted by molar-refractivity contribution is -0.137. The van der Waals surface area contributed by atoms with Crippen LogP contribution in [0.2, 0.25) is 0 Å². The Morgan fingerprint density at radius 3 is 2.64 bits per heavy atom. The van der Waals surface area contributed by atoms with Crippen LogP contribution in [0.1, 0.15) is 18.1 Å². The molecule has 0 fully saturated rings. The molecular weight excluding hydrogens is 344 g/mol. The van der Waals surface area contributed by atoms with Crippen LogP contribution < -0.4 is 4.74 Å². The number of ether oxygens (including phenoxy) is 2. The van der Waals surface area contributed by atoms with Crippen molar-refractivity contribution in [3.8, 4) is 5.75 Å². The van der Waals surface area contributed by atoms with Crippen LogP contribution in [-0.4, -0.2) is 12.6 Å². The van der Waals surface area contributed by atoms with Crippen molar-refractivity contribution < 1.29 is 14.3 Å². The van der Waals surface area contributed by atoms with Crippen LogP contribution in [0.25, 0.3) is 6.08 Å². The van der Waals surface area contributed by atoms with E-state index in [2.05, 4.69) is 15.9 Å². The summed E-state index contributed by atoms with van der Waals surface area (Å²) in [7, 11) is 0. The first kappa shape index (κ1) is 16.3. The van der Waals surface area contributed by atoms with Gasteiger partial charge in [0.1, 0.15) is 12.4 Å². The molecule has 22 heavy (non-hydrogen) atoms. The number of carbonyl (C=O) groups is 1. The van der Waals surface area contributed by atoms with Crippen molar-refractivity contribution in [3.05, 3.63) is 70.2 Å². The summed E-state index contributed by atoms with van der Waals surface area (Å²) in [6.07, 6.45) is 3.12. The molecule has 114 valence electrons. The molecule has 0 radical (unpaired) electrons. The molecule has 0 amide bonds. The maximum Gasteiger partial charge on any atom is 0.330 e. The Labute approximate surface area is 138 Å². The van der Waals surface area contributed by atoms with Crippen molar-refractivity contribution in [2.75, 3.05) is 6.61 Å². The lowest BCUT2D eigenvalue weighted by Gasteiger charge is -2.09. The minimum absolute atomic E-state index is 0.344. The Hall–Kier alpha value is -2.07. The van der Waals surface area contributed by atoms with Gasteiger partial charge in [0.25, 0.3) is 0 Å². The fraction of sp³-hybridized carbons (Fsp3) is 0.167. The molecule has 2 aromatic rings. The maximum atomic E-state index is 11.3. The minimum Gasteiger partial charge on any atom is -0.488 e. The Bertz CT molecular complexity index is 651. The van der Waals surface area contributed by atoms with E-state index < -0.39 is 0 Å². The highest BCUT2D eigenvalue weighted by atomic mass is 79.9. The third kappa shape index (κ3) is 5.04. The van der Waals surface area contributed by atoms with Gasteiger partial charge in [-0.2, -0.15) is 0 Å². The highest BCUT2D eigenvalue weighted by Crippen LogP contribution is 2.27. The molecule has 3 nitrogen and oxygen atoms in total. The fourth-order valence-electron chi connectivity index (χ4n) is 1.83. The van der Waals surface area contributed by atoms with E-state index in [0.717, 1.165) is 21.3 Å². The van der Waals surface area contributed by atoms with Crippen molar-refractivity contribution in [1.82, 2.24) is 0 Å². The molecule has 0 N–H and O–H groups in total. The normalized spacial score (nSPS) is 10.6. The second-order valence-electron chi connectivity index (χ2n) is 4.55. The number of benzene rings is 2. The van der Waals surface area contributed by atoms with Gasteiger partial charge in [0.15, 0.2) is 0 Å². The SMILES string of the molecule is CCOC(=O)/C=C/c1ccc(OCc2ccccc2)c(Br)c1. The molecule has 0 spiro atoms. The van der Waals surface area contributed by atoms with Gasteiger partial charge in [-0.15, -0.1) is 0 Å². The topological polar surface area (TPSA) is 35.5 Å². The Kier molecular flexibility index (Phi) is 6.22. The summed E-state index contributed by atoms with van der Waals surface area (Å²) in [4.78, 5) is 11.3. The number of hydrogen-bond donors (Lipinski definition) is 0. The van der Waals surface area contributed by atoms with Crippen molar-refractivity contribution in [2.45, 2.75) is 13.5 Å². The van der Waals surface area contributed by atoms with E-state index in [9.17, 15) is 4.79 Å². The van der Waals surface area contributed by atoms with Gasteiger partial charge in [-0.05, 0) is 52.2 Å². The van der Waals surface area contributed by atoms with E-state index in [-0.39, 0.29) is 5.97 Å². The summed E-state index contributed by atoms with van der Waals surface area (Å²) >= 11 is 3.48. The zero-order chi connectivity index (χ0) is 15.8. The van der Waals surface area contributed by atoms with E-state index in [1.807, 2.05) is 48.5 Å². The van der Waals surface area contributed by atoms with Gasteiger partial charge >= 0.3 is 5.97 Å². The molecule has 2 aromatic carbocycles. The summed E-state index contributed by atoms with van der Waals surface area (Å²) in [5.74, 6) is 0.417. The predicted octanol–water partition coefficient (Wildman–Crippen LogP) is 4.60. The molecule has 0 aromatic heterocycles. The Morgan fingerprint density at radius 2 is 1.95 bits per heavy atom. The standard InChI is InChI=1S/C18H17BrO3/c1-2-21-18(20)11-9-14-8-10-17(16(19)12-14)22-13-15-6-4-3-5-7-15/h3-12H,2,13H2,1H3/b11-9+. The van der Waals surface area contributed by atoms with Crippen LogP contribution in [0, 0.1) is 0 Å². The van der Waals surface area contributed by atoms with Crippen molar-refractivity contribution in [3.63, 3.8) is 0 Å². The Balaban J connectivity index is 1.99. The zero-order valence-electron chi connectivity index (χ0n) is 12.3. The van der Waals surface area contributed by atoms with Crippen LogP contribution in [0.5, 0.6) is 5.75 Å². The van der Waals surface area contributed by atoms with E-state index in [1.165, 1.54) is 6.08 Å². The molecule has 0 saturated heterocycles. The second kappa shape index (κ2) is 8.39. The molecule has 0 aliphatic heterocycles. The summed E-state index contributed by atoms with van der Waals surface area (Å²) in [6.45, 7) is 2.66. The summed E-state index contributed by atoms with van der Waals surface area (Å²) in [5, 5.41) is 0. The zero-order valence-corrected chi connectivity index (χ0v) is 13.9. The first-order valence-electron chi connectivity index (χ1n) is 7.00. The van der Waals surface area contributed by atoms with Crippen LogP contribution >= 0.6 is 15.9 Å². The molecule has 0 aliphatic carbocycles. The monoisotopic (exact) mass is 360 g/mol. The number of carbonyl (C=O) groups excluding carboxylic acids is 1. The van der Waals surface area contributed by atoms with Gasteiger partial charge in [-0.1, -0.05) is 36.4 Å². The predicted molar refractivity (Wildman–Crippen MR) is 90.6 cm³/mol. The van der Waals surface area contributed by atoms with E-state index in [4.69, 9.17) is 9.47 Å².